The SMILES string of the molecule is CC(C)CC(COCCCCCCCCCCCCCCCC[S+](C)[O-])OCc1ccccc1. The molecule has 0 saturated heterocycles. The number of unbranched alkanes of at least 4 members (excludes halogenated alkanes) is 13. The average Bonchev–Trinajstić information content (AvgIpc) is 2.81. The van der Waals surface area contributed by atoms with Gasteiger partial charge in [0.1, 0.15) is 5.75 Å². The van der Waals surface area contributed by atoms with Gasteiger partial charge in [0.2, 0.25) is 0 Å². The molecule has 2 atom stereocenters. The van der Waals surface area contributed by atoms with Gasteiger partial charge in [-0.25, -0.2) is 0 Å². The Balaban J connectivity index is 1.86. The van der Waals surface area contributed by atoms with Gasteiger partial charge in [0.05, 0.1) is 25.6 Å². The van der Waals surface area contributed by atoms with Gasteiger partial charge in [-0.15, -0.1) is 0 Å². The van der Waals surface area contributed by atoms with E-state index in [9.17, 15) is 4.55 Å². The summed E-state index contributed by atoms with van der Waals surface area (Å²) in [5, 5.41) is 0. The van der Waals surface area contributed by atoms with E-state index in [2.05, 4.69) is 38.1 Å². The maximum Gasteiger partial charge on any atom is 0.105 e. The molecule has 0 saturated carbocycles. The topological polar surface area (TPSA) is 41.5 Å². The van der Waals surface area contributed by atoms with Crippen LogP contribution in [0.5, 0.6) is 0 Å². The highest BCUT2D eigenvalue weighted by Gasteiger charge is 2.12. The number of benzene rings is 1. The minimum Gasteiger partial charge on any atom is -0.617 e. The molecule has 4 heteroatoms. The lowest BCUT2D eigenvalue weighted by atomic mass is 10.0. The molecule has 0 bridgehead atoms. The summed E-state index contributed by atoms with van der Waals surface area (Å²) in [6, 6.07) is 10.4. The number of hydrogen-bond donors (Lipinski definition) is 0. The van der Waals surface area contributed by atoms with Crippen LogP contribution < -0.4 is 0 Å². The van der Waals surface area contributed by atoms with Crippen molar-refractivity contribution in [1.82, 2.24) is 0 Å². The molecule has 2 unspecified atom stereocenters. The molecule has 1 aromatic carbocycles. The van der Waals surface area contributed by atoms with Crippen LogP contribution in [-0.4, -0.2) is 35.9 Å². The maximum absolute atomic E-state index is 11.0. The summed E-state index contributed by atoms with van der Waals surface area (Å²) < 4.78 is 23.1. The molecule has 0 radical (unpaired) electrons. The lowest BCUT2D eigenvalue weighted by Gasteiger charge is -2.20. The summed E-state index contributed by atoms with van der Waals surface area (Å²) in [7, 11) is 0. The summed E-state index contributed by atoms with van der Waals surface area (Å²) >= 11 is -0.605. The molecule has 34 heavy (non-hydrogen) atoms. The zero-order valence-corrected chi connectivity index (χ0v) is 23.4. The van der Waals surface area contributed by atoms with Gasteiger partial charge in [0, 0.05) is 6.61 Å². The van der Waals surface area contributed by atoms with Gasteiger partial charge >= 0.3 is 0 Å². The summed E-state index contributed by atoms with van der Waals surface area (Å²) in [5.41, 5.74) is 1.23. The number of ether oxygens (including phenoxy) is 2. The second-order valence-electron chi connectivity index (χ2n) is 10.4. The first-order valence-corrected chi connectivity index (χ1v) is 15.8. The first-order valence-electron chi connectivity index (χ1n) is 14.1. The lowest BCUT2D eigenvalue weighted by molar-refractivity contribution is -0.0346. The fourth-order valence-corrected chi connectivity index (χ4v) is 4.95. The van der Waals surface area contributed by atoms with E-state index >= 15 is 0 Å². The van der Waals surface area contributed by atoms with Crippen molar-refractivity contribution >= 4 is 11.2 Å². The zero-order chi connectivity index (χ0) is 24.7. The molecule has 0 spiro atoms. The fourth-order valence-electron chi connectivity index (χ4n) is 4.34. The molecule has 1 rings (SSSR count). The first-order chi connectivity index (χ1) is 16.6. The summed E-state index contributed by atoms with van der Waals surface area (Å²) in [4.78, 5) is 0. The van der Waals surface area contributed by atoms with Crippen LogP contribution in [0, 0.1) is 5.92 Å². The Bertz CT molecular complexity index is 535. The van der Waals surface area contributed by atoms with E-state index in [0.717, 1.165) is 25.2 Å². The highest BCUT2D eigenvalue weighted by Crippen LogP contribution is 2.14. The summed E-state index contributed by atoms with van der Waals surface area (Å²) in [5.74, 6) is 1.50. The fraction of sp³-hybridized carbons (Fsp3) is 0.800. The van der Waals surface area contributed by atoms with E-state index in [1.165, 1.54) is 89.0 Å². The van der Waals surface area contributed by atoms with E-state index in [0.29, 0.717) is 19.1 Å². The van der Waals surface area contributed by atoms with Gasteiger partial charge in [0.25, 0.3) is 0 Å². The first kappa shape index (κ1) is 31.5. The summed E-state index contributed by atoms with van der Waals surface area (Å²) in [6.07, 6.45) is 21.6. The van der Waals surface area contributed by atoms with Crippen LogP contribution in [0.3, 0.4) is 0 Å². The van der Waals surface area contributed by atoms with Crippen LogP contribution in [0.25, 0.3) is 0 Å². The standard InChI is InChI=1S/C30H54O3S/c1-28(2)25-30(33-26-29-21-17-16-18-22-29)27-32-23-19-14-12-10-8-6-4-5-7-9-11-13-15-20-24-34(3)31/h16-18,21-22,28,30H,4-15,19-20,23-27H2,1-3H3. The maximum atomic E-state index is 11.0. The lowest BCUT2D eigenvalue weighted by Crippen LogP contribution is -2.22. The van der Waals surface area contributed by atoms with Crippen molar-refractivity contribution in [3.63, 3.8) is 0 Å². The largest absolute Gasteiger partial charge is 0.617 e. The Morgan fingerprint density at radius 2 is 1.24 bits per heavy atom. The Kier molecular flexibility index (Phi) is 21.2. The predicted molar refractivity (Wildman–Crippen MR) is 149 cm³/mol. The zero-order valence-electron chi connectivity index (χ0n) is 22.6. The molecular formula is C30H54O3S. The van der Waals surface area contributed by atoms with Gasteiger partial charge in [-0.3, -0.25) is 0 Å². The third-order valence-corrected chi connectivity index (χ3v) is 7.20. The van der Waals surface area contributed by atoms with Crippen molar-refractivity contribution in [3.05, 3.63) is 35.9 Å². The molecule has 0 aliphatic carbocycles. The van der Waals surface area contributed by atoms with Crippen molar-refractivity contribution in [2.75, 3.05) is 25.2 Å². The van der Waals surface area contributed by atoms with Crippen LogP contribution in [0.2, 0.25) is 0 Å². The minimum absolute atomic E-state index is 0.188. The monoisotopic (exact) mass is 494 g/mol. The second-order valence-corrected chi connectivity index (χ2v) is 11.9. The normalized spacial score (nSPS) is 13.4. The summed E-state index contributed by atoms with van der Waals surface area (Å²) in [6.45, 7) is 6.75. The van der Waals surface area contributed by atoms with E-state index < -0.39 is 11.2 Å². The van der Waals surface area contributed by atoms with Crippen molar-refractivity contribution in [2.24, 2.45) is 5.92 Å². The van der Waals surface area contributed by atoms with Crippen LogP contribution in [-0.2, 0) is 27.3 Å². The molecule has 1 aromatic rings. The molecule has 3 nitrogen and oxygen atoms in total. The Hall–Kier alpha value is -0.550. The molecule has 0 amide bonds. The van der Waals surface area contributed by atoms with Gasteiger partial charge in [0.15, 0.2) is 0 Å². The number of hydrogen-bond acceptors (Lipinski definition) is 3. The van der Waals surface area contributed by atoms with E-state index in [1.54, 1.807) is 0 Å². The molecule has 198 valence electrons. The van der Waals surface area contributed by atoms with Crippen molar-refractivity contribution in [1.29, 1.82) is 0 Å². The van der Waals surface area contributed by atoms with Crippen molar-refractivity contribution < 1.29 is 14.0 Å². The molecule has 0 fully saturated rings. The number of rotatable bonds is 24. The third-order valence-electron chi connectivity index (χ3n) is 6.34. The Labute approximate surface area is 215 Å². The average molecular weight is 495 g/mol. The van der Waals surface area contributed by atoms with E-state index in [1.807, 2.05) is 12.3 Å². The van der Waals surface area contributed by atoms with Crippen molar-refractivity contribution in [2.45, 2.75) is 123 Å². The van der Waals surface area contributed by atoms with Gasteiger partial charge < -0.3 is 14.0 Å². The molecular weight excluding hydrogens is 440 g/mol. The van der Waals surface area contributed by atoms with Gasteiger partial charge in [-0.05, 0) is 37.2 Å². The van der Waals surface area contributed by atoms with Crippen molar-refractivity contribution in [3.8, 4) is 0 Å². The van der Waals surface area contributed by atoms with Crippen LogP contribution in [0.15, 0.2) is 30.3 Å². The highest BCUT2D eigenvalue weighted by atomic mass is 32.2. The third kappa shape index (κ3) is 20.8. The molecule has 0 aromatic heterocycles. The molecule has 0 heterocycles. The Morgan fingerprint density at radius 3 is 1.74 bits per heavy atom. The predicted octanol–water partition coefficient (Wildman–Crippen LogP) is 8.47. The van der Waals surface area contributed by atoms with Gasteiger partial charge in [-0.1, -0.05) is 126 Å². The van der Waals surface area contributed by atoms with E-state index in [4.69, 9.17) is 9.47 Å². The second kappa shape index (κ2) is 22.9. The van der Waals surface area contributed by atoms with Crippen LogP contribution in [0.4, 0.5) is 0 Å². The van der Waals surface area contributed by atoms with E-state index in [-0.39, 0.29) is 6.10 Å². The smallest absolute Gasteiger partial charge is 0.105 e. The highest BCUT2D eigenvalue weighted by molar-refractivity contribution is 7.90. The van der Waals surface area contributed by atoms with Gasteiger partial charge in [-0.2, -0.15) is 0 Å². The quantitative estimate of drug-likeness (QED) is 0.107. The van der Waals surface area contributed by atoms with Crippen LogP contribution >= 0.6 is 0 Å². The molecule has 0 N–H and O–H groups in total. The Morgan fingerprint density at radius 1 is 0.735 bits per heavy atom. The van der Waals surface area contributed by atoms with Crippen LogP contribution in [0.1, 0.15) is 116 Å². The molecule has 0 aliphatic heterocycles. The molecule has 0 aliphatic rings. The minimum atomic E-state index is -0.605.